The summed E-state index contributed by atoms with van der Waals surface area (Å²) in [4.78, 5) is 0. The van der Waals surface area contributed by atoms with Gasteiger partial charge in [-0.05, 0) is 59.5 Å². The summed E-state index contributed by atoms with van der Waals surface area (Å²) >= 11 is 0. The molecule has 0 radical (unpaired) electrons. The van der Waals surface area contributed by atoms with Crippen molar-refractivity contribution >= 4 is 26.5 Å². The summed E-state index contributed by atoms with van der Waals surface area (Å²) in [5.74, 6) is 0. The van der Waals surface area contributed by atoms with Crippen LogP contribution in [0.15, 0.2) is 121 Å². The second-order valence-corrected chi connectivity index (χ2v) is 13.0. The van der Waals surface area contributed by atoms with Crippen LogP contribution in [-0.4, -0.2) is 25.4 Å². The third-order valence-electron chi connectivity index (χ3n) is 5.79. The van der Waals surface area contributed by atoms with Gasteiger partial charge in [0, 0.05) is 0 Å². The first-order chi connectivity index (χ1) is 16.4. The molecule has 2 atom stereocenters. The first-order valence-electron chi connectivity index (χ1n) is 11.8. The maximum Gasteiger partial charge on any atom is -0.000624 e. The molecule has 0 aliphatic carbocycles. The fourth-order valence-electron chi connectivity index (χ4n) is 4.04. The highest BCUT2D eigenvalue weighted by molar-refractivity contribution is 7.65. The zero-order chi connectivity index (χ0) is 22.6. The highest BCUT2D eigenvalue weighted by atomic mass is 31.1. The molecule has 0 bridgehead atoms. The Morgan fingerprint density at radius 2 is 0.758 bits per heavy atom. The fourth-order valence-corrected chi connectivity index (χ4v) is 8.58. The van der Waals surface area contributed by atoms with Crippen molar-refractivity contribution < 1.29 is 0 Å². The molecule has 1 N–H and O–H groups in total. The van der Waals surface area contributed by atoms with Gasteiger partial charge in [0.25, 0.3) is 0 Å². The van der Waals surface area contributed by atoms with Crippen LogP contribution >= 0.6 is 15.8 Å². The van der Waals surface area contributed by atoms with Gasteiger partial charge in [-0.2, -0.15) is 0 Å². The molecular formula is C30H33NP2. The van der Waals surface area contributed by atoms with Crippen LogP contribution in [0, 0.1) is 0 Å². The van der Waals surface area contributed by atoms with Gasteiger partial charge in [-0.1, -0.05) is 137 Å². The van der Waals surface area contributed by atoms with Crippen LogP contribution in [0.5, 0.6) is 0 Å². The van der Waals surface area contributed by atoms with Crippen molar-refractivity contribution in [1.82, 2.24) is 5.32 Å². The van der Waals surface area contributed by atoms with Gasteiger partial charge in [0.2, 0.25) is 0 Å². The summed E-state index contributed by atoms with van der Waals surface area (Å²) < 4.78 is 0. The van der Waals surface area contributed by atoms with Crippen LogP contribution in [0.2, 0.25) is 0 Å². The lowest BCUT2D eigenvalue weighted by molar-refractivity contribution is 0.769. The number of nitrogens with one attached hydrogen (secondary N) is 1. The number of benzene rings is 4. The highest BCUT2D eigenvalue weighted by Crippen LogP contribution is 2.39. The maximum atomic E-state index is 3.79. The summed E-state index contributed by atoms with van der Waals surface area (Å²) in [5.41, 5.74) is 2.89. The molecule has 33 heavy (non-hydrogen) atoms. The first-order valence-corrected chi connectivity index (χ1v) is 15.2. The van der Waals surface area contributed by atoms with Gasteiger partial charge < -0.3 is 5.32 Å². The maximum absolute atomic E-state index is 3.79. The smallest absolute Gasteiger partial charge is 0.000624 e. The predicted molar refractivity (Wildman–Crippen MR) is 149 cm³/mol. The Morgan fingerprint density at radius 1 is 0.424 bits per heavy atom. The minimum Gasteiger partial charge on any atom is -0.316 e. The third kappa shape index (κ3) is 7.90. The summed E-state index contributed by atoms with van der Waals surface area (Å²) in [6.45, 7) is 2.16. The number of rotatable bonds is 12. The molecule has 1 nitrogen and oxygen atoms in total. The molecule has 4 aromatic carbocycles. The predicted octanol–water partition coefficient (Wildman–Crippen LogP) is 6.59. The third-order valence-corrected chi connectivity index (χ3v) is 10.9. The fraction of sp³-hybridized carbons (Fsp3) is 0.200. The van der Waals surface area contributed by atoms with Crippen molar-refractivity contribution in [2.45, 2.75) is 12.3 Å². The number of hydrogen-bond acceptors (Lipinski definition) is 1. The molecule has 0 saturated carbocycles. The Bertz CT molecular complexity index is 953. The SMILES string of the molecule is c1ccc(CP(CCNCCP(Cc2ccccc2)c2ccccc2)c2ccccc2)cc1. The molecule has 0 heterocycles. The molecular weight excluding hydrogens is 436 g/mol. The molecule has 4 rings (SSSR count). The molecule has 3 heteroatoms. The van der Waals surface area contributed by atoms with Gasteiger partial charge in [-0.3, -0.25) is 0 Å². The van der Waals surface area contributed by atoms with E-state index in [1.807, 2.05) is 0 Å². The van der Waals surface area contributed by atoms with E-state index >= 15 is 0 Å². The molecule has 0 aliphatic rings. The van der Waals surface area contributed by atoms with Crippen molar-refractivity contribution in [2.75, 3.05) is 25.4 Å². The normalized spacial score (nSPS) is 12.8. The van der Waals surface area contributed by atoms with Crippen LogP contribution < -0.4 is 15.9 Å². The largest absolute Gasteiger partial charge is 0.316 e. The second kappa shape index (κ2) is 13.4. The van der Waals surface area contributed by atoms with Crippen LogP contribution in [0.4, 0.5) is 0 Å². The minimum atomic E-state index is -0.205. The monoisotopic (exact) mass is 469 g/mol. The van der Waals surface area contributed by atoms with E-state index < -0.39 is 0 Å². The molecule has 168 valence electrons. The van der Waals surface area contributed by atoms with Crippen LogP contribution in [0.25, 0.3) is 0 Å². The van der Waals surface area contributed by atoms with Gasteiger partial charge in [0.05, 0.1) is 0 Å². The quantitative estimate of drug-likeness (QED) is 0.182. The van der Waals surface area contributed by atoms with Crippen molar-refractivity contribution in [3.8, 4) is 0 Å². The Balaban J connectivity index is 1.32. The molecule has 2 unspecified atom stereocenters. The van der Waals surface area contributed by atoms with E-state index in [1.165, 1.54) is 34.1 Å². The Kier molecular flexibility index (Phi) is 9.69. The van der Waals surface area contributed by atoms with E-state index in [9.17, 15) is 0 Å². The topological polar surface area (TPSA) is 12.0 Å². The first kappa shape index (κ1) is 23.8. The van der Waals surface area contributed by atoms with E-state index in [1.54, 1.807) is 0 Å². The summed E-state index contributed by atoms with van der Waals surface area (Å²) in [7, 11) is -0.410. The summed E-state index contributed by atoms with van der Waals surface area (Å²) in [6.07, 6.45) is 4.76. The summed E-state index contributed by atoms with van der Waals surface area (Å²) in [5, 5.41) is 6.81. The van der Waals surface area contributed by atoms with Gasteiger partial charge in [0.1, 0.15) is 0 Å². The van der Waals surface area contributed by atoms with E-state index in [-0.39, 0.29) is 15.8 Å². The van der Waals surface area contributed by atoms with Crippen molar-refractivity contribution in [3.05, 3.63) is 132 Å². The molecule has 0 spiro atoms. The van der Waals surface area contributed by atoms with E-state index in [0.717, 1.165) is 25.4 Å². The summed E-state index contributed by atoms with van der Waals surface area (Å²) in [6, 6.07) is 44.1. The van der Waals surface area contributed by atoms with Crippen LogP contribution in [-0.2, 0) is 12.3 Å². The van der Waals surface area contributed by atoms with E-state index in [2.05, 4.69) is 127 Å². The lowest BCUT2D eigenvalue weighted by atomic mass is 10.2. The molecule has 0 amide bonds. The zero-order valence-corrected chi connectivity index (χ0v) is 21.0. The van der Waals surface area contributed by atoms with Crippen LogP contribution in [0.1, 0.15) is 11.1 Å². The van der Waals surface area contributed by atoms with Crippen LogP contribution in [0.3, 0.4) is 0 Å². The van der Waals surface area contributed by atoms with Gasteiger partial charge in [-0.25, -0.2) is 0 Å². The molecule has 0 aromatic heterocycles. The lowest BCUT2D eigenvalue weighted by Gasteiger charge is -2.21. The van der Waals surface area contributed by atoms with Gasteiger partial charge in [-0.15, -0.1) is 0 Å². The van der Waals surface area contributed by atoms with E-state index in [0.29, 0.717) is 0 Å². The average Bonchev–Trinajstić information content (AvgIpc) is 2.89. The van der Waals surface area contributed by atoms with Crippen molar-refractivity contribution in [2.24, 2.45) is 0 Å². The second-order valence-electron chi connectivity index (χ2n) is 8.24. The lowest BCUT2D eigenvalue weighted by Crippen LogP contribution is -2.24. The van der Waals surface area contributed by atoms with Crippen molar-refractivity contribution in [3.63, 3.8) is 0 Å². The molecule has 0 fully saturated rings. The average molecular weight is 470 g/mol. The molecule has 4 aromatic rings. The highest BCUT2D eigenvalue weighted by Gasteiger charge is 2.13. The van der Waals surface area contributed by atoms with E-state index in [4.69, 9.17) is 0 Å². The standard InChI is InChI=1S/C30H33NP2/c1-5-13-27(14-6-1)25-32(29-17-9-3-10-18-29)23-21-31-22-24-33(30-19-11-4-12-20-30)26-28-15-7-2-8-16-28/h1-20,31H,21-26H2. The van der Waals surface area contributed by atoms with Gasteiger partial charge >= 0.3 is 0 Å². The number of hydrogen-bond donors (Lipinski definition) is 1. The Labute approximate surface area is 201 Å². The minimum absolute atomic E-state index is 0.205. The molecule has 0 saturated heterocycles. The van der Waals surface area contributed by atoms with Gasteiger partial charge in [0.15, 0.2) is 0 Å². The molecule has 0 aliphatic heterocycles. The Hall–Kier alpha value is -2.30. The van der Waals surface area contributed by atoms with Crippen molar-refractivity contribution in [1.29, 1.82) is 0 Å². The Morgan fingerprint density at radius 3 is 1.12 bits per heavy atom. The zero-order valence-electron chi connectivity index (χ0n) is 19.2.